The van der Waals surface area contributed by atoms with Crippen molar-refractivity contribution < 1.29 is 9.59 Å². The number of benzene rings is 1. The van der Waals surface area contributed by atoms with Gasteiger partial charge in [0.15, 0.2) is 5.78 Å². The molecule has 0 saturated carbocycles. The van der Waals surface area contributed by atoms with Crippen LogP contribution in [0.1, 0.15) is 24.5 Å². The molecule has 0 unspecified atom stereocenters. The maximum Gasteiger partial charge on any atom is 0.163 e. The zero-order valence-corrected chi connectivity index (χ0v) is 8.99. The molecule has 1 rings (SSSR count). The maximum atomic E-state index is 11.2. The van der Waals surface area contributed by atoms with E-state index in [2.05, 4.69) is 0 Å². The van der Waals surface area contributed by atoms with E-state index in [0.717, 1.165) is 11.1 Å². The van der Waals surface area contributed by atoms with Crippen molar-refractivity contribution in [2.45, 2.75) is 20.3 Å². The van der Waals surface area contributed by atoms with Crippen LogP contribution in [-0.2, 0) is 9.59 Å². The Kier molecular flexibility index (Phi) is 3.98. The minimum absolute atomic E-state index is 0.0115. The van der Waals surface area contributed by atoms with Gasteiger partial charge in [-0.3, -0.25) is 9.59 Å². The number of Topliss-reactive ketones (excluding diaryl/α,β-unsaturated/α-hetero) is 1. The van der Waals surface area contributed by atoms with E-state index in [9.17, 15) is 9.59 Å². The average molecular weight is 202 g/mol. The van der Waals surface area contributed by atoms with Gasteiger partial charge >= 0.3 is 0 Å². The molecule has 15 heavy (non-hydrogen) atoms. The van der Waals surface area contributed by atoms with Gasteiger partial charge in [0.1, 0.15) is 5.78 Å². The Morgan fingerprint density at radius 1 is 1.27 bits per heavy atom. The summed E-state index contributed by atoms with van der Waals surface area (Å²) in [6.45, 7) is 3.40. The Hall–Kier alpha value is -1.70. The van der Waals surface area contributed by atoms with Crippen molar-refractivity contribution >= 4 is 17.6 Å². The van der Waals surface area contributed by atoms with Crippen LogP contribution in [0.2, 0.25) is 0 Å². The maximum absolute atomic E-state index is 11.2. The van der Waals surface area contributed by atoms with E-state index in [1.807, 2.05) is 31.2 Å². The molecule has 0 heterocycles. The van der Waals surface area contributed by atoms with Crippen molar-refractivity contribution in [2.24, 2.45) is 0 Å². The molecule has 0 aliphatic heterocycles. The van der Waals surface area contributed by atoms with Crippen LogP contribution in [0, 0.1) is 6.92 Å². The zero-order chi connectivity index (χ0) is 11.3. The van der Waals surface area contributed by atoms with Gasteiger partial charge in [0.25, 0.3) is 0 Å². The summed E-state index contributed by atoms with van der Waals surface area (Å²) in [5.74, 6) is -0.250. The molecule has 2 nitrogen and oxygen atoms in total. The van der Waals surface area contributed by atoms with Gasteiger partial charge in [-0.25, -0.2) is 0 Å². The molecule has 0 radical (unpaired) electrons. The lowest BCUT2D eigenvalue weighted by atomic mass is 10.1. The first-order chi connectivity index (χ1) is 7.09. The predicted octanol–water partition coefficient (Wildman–Crippen LogP) is 2.56. The van der Waals surface area contributed by atoms with Crippen molar-refractivity contribution in [2.75, 3.05) is 0 Å². The lowest BCUT2D eigenvalue weighted by molar-refractivity contribution is -0.123. The lowest BCUT2D eigenvalue weighted by Crippen LogP contribution is -2.00. The Balaban J connectivity index is 2.70. The standard InChI is InChI=1S/C13H14O2/c1-10-5-3-4-6-12(10)7-8-13(15)9-11(2)14/h3-8H,9H2,1-2H3. The Morgan fingerprint density at radius 3 is 2.53 bits per heavy atom. The molecule has 0 aliphatic carbocycles. The van der Waals surface area contributed by atoms with E-state index >= 15 is 0 Å². The Labute approximate surface area is 89.6 Å². The van der Waals surface area contributed by atoms with Crippen LogP contribution in [0.5, 0.6) is 0 Å². The van der Waals surface area contributed by atoms with E-state index in [-0.39, 0.29) is 18.0 Å². The second-order valence-electron chi connectivity index (χ2n) is 3.54. The third-order valence-electron chi connectivity index (χ3n) is 2.06. The molecule has 0 N–H and O–H groups in total. The molecule has 1 aromatic carbocycles. The smallest absolute Gasteiger partial charge is 0.163 e. The van der Waals surface area contributed by atoms with Crippen LogP contribution in [-0.4, -0.2) is 11.6 Å². The normalized spacial score (nSPS) is 10.5. The van der Waals surface area contributed by atoms with Crippen molar-refractivity contribution in [3.8, 4) is 0 Å². The van der Waals surface area contributed by atoms with Crippen LogP contribution >= 0.6 is 0 Å². The minimum Gasteiger partial charge on any atom is -0.300 e. The monoisotopic (exact) mass is 202 g/mol. The van der Waals surface area contributed by atoms with Crippen molar-refractivity contribution in [3.05, 3.63) is 41.5 Å². The summed E-state index contributed by atoms with van der Waals surface area (Å²) in [6, 6.07) is 7.79. The van der Waals surface area contributed by atoms with Gasteiger partial charge in [-0.1, -0.05) is 30.3 Å². The van der Waals surface area contributed by atoms with E-state index in [1.54, 1.807) is 6.08 Å². The van der Waals surface area contributed by atoms with Gasteiger partial charge in [0.05, 0.1) is 6.42 Å². The third-order valence-corrected chi connectivity index (χ3v) is 2.06. The van der Waals surface area contributed by atoms with E-state index in [1.165, 1.54) is 13.0 Å². The largest absolute Gasteiger partial charge is 0.300 e. The number of ketones is 2. The molecule has 0 spiro atoms. The van der Waals surface area contributed by atoms with Gasteiger partial charge in [0, 0.05) is 0 Å². The van der Waals surface area contributed by atoms with E-state index < -0.39 is 0 Å². The molecule has 0 amide bonds. The number of carbonyl (C=O) groups is 2. The first-order valence-electron chi connectivity index (χ1n) is 4.85. The first-order valence-corrected chi connectivity index (χ1v) is 4.85. The topological polar surface area (TPSA) is 34.1 Å². The summed E-state index contributed by atoms with van der Waals surface area (Å²) in [6.07, 6.45) is 3.20. The molecule has 0 saturated heterocycles. The fraction of sp³-hybridized carbons (Fsp3) is 0.231. The van der Waals surface area contributed by atoms with E-state index in [4.69, 9.17) is 0 Å². The molecule has 78 valence electrons. The van der Waals surface area contributed by atoms with E-state index in [0.29, 0.717) is 0 Å². The molecule has 1 aromatic rings. The summed E-state index contributed by atoms with van der Waals surface area (Å²) in [5, 5.41) is 0. The van der Waals surface area contributed by atoms with Crippen LogP contribution in [0.4, 0.5) is 0 Å². The second-order valence-corrected chi connectivity index (χ2v) is 3.54. The highest BCUT2D eigenvalue weighted by molar-refractivity contribution is 6.05. The van der Waals surface area contributed by atoms with Gasteiger partial charge in [-0.2, -0.15) is 0 Å². The fourth-order valence-corrected chi connectivity index (χ4v) is 1.26. The summed E-state index contributed by atoms with van der Waals surface area (Å²) in [7, 11) is 0. The number of hydrogen-bond acceptors (Lipinski definition) is 2. The quantitative estimate of drug-likeness (QED) is 0.555. The molecular weight excluding hydrogens is 188 g/mol. The fourth-order valence-electron chi connectivity index (χ4n) is 1.26. The lowest BCUT2D eigenvalue weighted by Gasteiger charge is -1.97. The first kappa shape index (κ1) is 11.4. The molecule has 0 fully saturated rings. The summed E-state index contributed by atoms with van der Waals surface area (Å²) in [4.78, 5) is 21.9. The highest BCUT2D eigenvalue weighted by atomic mass is 16.1. The minimum atomic E-state index is -0.147. The Bertz CT molecular complexity index is 403. The van der Waals surface area contributed by atoms with Gasteiger partial charge < -0.3 is 0 Å². The van der Waals surface area contributed by atoms with Gasteiger partial charge in [-0.05, 0) is 31.1 Å². The number of hydrogen-bond donors (Lipinski definition) is 0. The summed E-state index contributed by atoms with van der Waals surface area (Å²) < 4.78 is 0. The SMILES string of the molecule is CC(=O)CC(=O)C=Cc1ccccc1C. The third kappa shape index (κ3) is 3.90. The van der Waals surface area contributed by atoms with Crippen LogP contribution < -0.4 is 0 Å². The van der Waals surface area contributed by atoms with Gasteiger partial charge in [0.2, 0.25) is 0 Å². The number of rotatable bonds is 4. The van der Waals surface area contributed by atoms with Crippen molar-refractivity contribution in [1.82, 2.24) is 0 Å². The molecule has 0 bridgehead atoms. The Morgan fingerprint density at radius 2 is 1.93 bits per heavy atom. The van der Waals surface area contributed by atoms with Crippen LogP contribution in [0.15, 0.2) is 30.3 Å². The van der Waals surface area contributed by atoms with Crippen LogP contribution in [0.3, 0.4) is 0 Å². The highest BCUT2D eigenvalue weighted by Crippen LogP contribution is 2.08. The molecule has 0 aromatic heterocycles. The number of aryl methyl sites for hydroxylation is 1. The molecule has 2 heteroatoms. The van der Waals surface area contributed by atoms with Crippen LogP contribution in [0.25, 0.3) is 6.08 Å². The van der Waals surface area contributed by atoms with Crippen molar-refractivity contribution in [3.63, 3.8) is 0 Å². The van der Waals surface area contributed by atoms with Crippen molar-refractivity contribution in [1.29, 1.82) is 0 Å². The highest BCUT2D eigenvalue weighted by Gasteiger charge is 2.00. The second kappa shape index (κ2) is 5.25. The number of allylic oxidation sites excluding steroid dienone is 1. The molecule has 0 aliphatic rings. The average Bonchev–Trinajstić information content (AvgIpc) is 2.15. The van der Waals surface area contributed by atoms with Gasteiger partial charge in [-0.15, -0.1) is 0 Å². The zero-order valence-electron chi connectivity index (χ0n) is 8.99. The summed E-state index contributed by atoms with van der Waals surface area (Å²) >= 11 is 0. The molecule has 0 atom stereocenters. The number of carbonyl (C=O) groups excluding carboxylic acids is 2. The molecular formula is C13H14O2. The predicted molar refractivity (Wildman–Crippen MR) is 60.5 cm³/mol. The summed E-state index contributed by atoms with van der Waals surface area (Å²) in [5.41, 5.74) is 2.12.